The molecule has 1 saturated heterocycles. The van der Waals surface area contributed by atoms with Gasteiger partial charge in [-0.05, 0) is 13.8 Å². The average Bonchev–Trinajstić information content (AvgIpc) is 2.58. The fourth-order valence-corrected chi connectivity index (χ4v) is 2.78. The summed E-state index contributed by atoms with van der Waals surface area (Å²) < 4.78 is 5.43. The first-order valence-corrected chi connectivity index (χ1v) is 7.80. The molecule has 2 heterocycles. The largest absolute Gasteiger partial charge is 0.383 e. The Labute approximate surface area is 131 Å². The molecule has 1 aliphatic rings. The van der Waals surface area contributed by atoms with Crippen LogP contribution < -0.4 is 10.2 Å². The minimum absolute atomic E-state index is 0.748. The Hall–Kier alpha value is -2.14. The first kappa shape index (κ1) is 14.8. The molecule has 2 aromatic rings. The van der Waals surface area contributed by atoms with E-state index in [0.717, 1.165) is 61.2 Å². The van der Waals surface area contributed by atoms with Crippen LogP contribution in [0.4, 0.5) is 11.5 Å². The number of ether oxygens (including phenoxy) is 1. The molecular weight excluding hydrogens is 276 g/mol. The molecule has 116 valence electrons. The van der Waals surface area contributed by atoms with E-state index in [2.05, 4.69) is 46.4 Å². The lowest BCUT2D eigenvalue weighted by molar-refractivity contribution is 0.122. The second-order valence-corrected chi connectivity index (χ2v) is 5.37. The van der Waals surface area contributed by atoms with Crippen molar-refractivity contribution >= 4 is 11.5 Å². The van der Waals surface area contributed by atoms with Crippen LogP contribution in [0.1, 0.15) is 12.5 Å². The monoisotopic (exact) mass is 298 g/mol. The van der Waals surface area contributed by atoms with Gasteiger partial charge in [0.05, 0.1) is 18.9 Å². The maximum Gasteiger partial charge on any atom is 0.156 e. The lowest BCUT2D eigenvalue weighted by Crippen LogP contribution is -2.37. The number of hydrogen-bond donors (Lipinski definition) is 1. The fourth-order valence-electron chi connectivity index (χ4n) is 2.78. The van der Waals surface area contributed by atoms with Gasteiger partial charge < -0.3 is 15.0 Å². The van der Waals surface area contributed by atoms with Gasteiger partial charge in [-0.1, -0.05) is 30.3 Å². The van der Waals surface area contributed by atoms with Crippen molar-refractivity contribution in [2.75, 3.05) is 43.1 Å². The molecule has 0 spiro atoms. The van der Waals surface area contributed by atoms with E-state index in [9.17, 15) is 0 Å². The third kappa shape index (κ3) is 2.90. The van der Waals surface area contributed by atoms with Crippen molar-refractivity contribution in [2.24, 2.45) is 0 Å². The number of nitrogens with one attached hydrogen (secondary N) is 1. The van der Waals surface area contributed by atoms with Crippen molar-refractivity contribution in [3.05, 3.63) is 35.9 Å². The quantitative estimate of drug-likeness (QED) is 0.940. The van der Waals surface area contributed by atoms with Gasteiger partial charge in [-0.2, -0.15) is 0 Å². The topological polar surface area (TPSA) is 50.3 Å². The highest BCUT2D eigenvalue weighted by atomic mass is 16.5. The number of hydrogen-bond acceptors (Lipinski definition) is 5. The molecule has 1 fully saturated rings. The number of aromatic nitrogens is 2. The Morgan fingerprint density at radius 3 is 2.55 bits per heavy atom. The van der Waals surface area contributed by atoms with Crippen LogP contribution in [0.5, 0.6) is 0 Å². The van der Waals surface area contributed by atoms with Gasteiger partial charge in [0.25, 0.3) is 0 Å². The number of morpholine rings is 1. The van der Waals surface area contributed by atoms with Gasteiger partial charge in [-0.15, -0.1) is 10.2 Å². The third-order valence-electron chi connectivity index (χ3n) is 3.90. The minimum Gasteiger partial charge on any atom is -0.383 e. The maximum absolute atomic E-state index is 5.43. The van der Waals surface area contributed by atoms with Gasteiger partial charge in [0.15, 0.2) is 5.82 Å². The predicted octanol–water partition coefficient (Wildman–Crippen LogP) is 2.72. The molecule has 0 unspecified atom stereocenters. The molecule has 0 bridgehead atoms. The number of nitrogens with zero attached hydrogens (tertiary/aromatic N) is 3. The Morgan fingerprint density at radius 1 is 1.14 bits per heavy atom. The Kier molecular flexibility index (Phi) is 4.53. The molecule has 1 N–H and O–H groups in total. The lowest BCUT2D eigenvalue weighted by Gasteiger charge is -2.29. The standard InChI is InChI=1S/C17H22N4O/c1-3-18-15-13(2)17(21-9-11-22-12-10-21)20-19-16(15)14-7-5-4-6-8-14/h4-8H,3,9-12H2,1-2H3,(H,18,20). The van der Waals surface area contributed by atoms with E-state index in [-0.39, 0.29) is 0 Å². The van der Waals surface area contributed by atoms with Crippen molar-refractivity contribution in [3.63, 3.8) is 0 Å². The zero-order valence-corrected chi connectivity index (χ0v) is 13.2. The summed E-state index contributed by atoms with van der Waals surface area (Å²) in [6.45, 7) is 8.30. The zero-order chi connectivity index (χ0) is 15.4. The van der Waals surface area contributed by atoms with Crippen molar-refractivity contribution in [1.29, 1.82) is 0 Å². The summed E-state index contributed by atoms with van der Waals surface area (Å²) in [6.07, 6.45) is 0. The summed E-state index contributed by atoms with van der Waals surface area (Å²) in [4.78, 5) is 2.25. The van der Waals surface area contributed by atoms with E-state index < -0.39 is 0 Å². The van der Waals surface area contributed by atoms with Gasteiger partial charge in [0.2, 0.25) is 0 Å². The lowest BCUT2D eigenvalue weighted by atomic mass is 10.1. The van der Waals surface area contributed by atoms with Crippen LogP contribution in [0.2, 0.25) is 0 Å². The number of rotatable bonds is 4. The van der Waals surface area contributed by atoms with Gasteiger partial charge >= 0.3 is 0 Å². The Bertz CT molecular complexity index is 624. The van der Waals surface area contributed by atoms with E-state index in [1.165, 1.54) is 0 Å². The zero-order valence-electron chi connectivity index (χ0n) is 13.2. The average molecular weight is 298 g/mol. The summed E-state index contributed by atoms with van der Waals surface area (Å²) in [5.41, 5.74) is 4.22. The first-order chi connectivity index (χ1) is 10.8. The summed E-state index contributed by atoms with van der Waals surface area (Å²) >= 11 is 0. The number of benzene rings is 1. The summed E-state index contributed by atoms with van der Waals surface area (Å²) in [5.74, 6) is 0.957. The molecule has 1 aromatic carbocycles. The van der Waals surface area contributed by atoms with E-state index in [0.29, 0.717) is 0 Å². The maximum atomic E-state index is 5.43. The summed E-state index contributed by atoms with van der Waals surface area (Å²) in [6, 6.07) is 10.2. The van der Waals surface area contributed by atoms with Gasteiger partial charge in [-0.3, -0.25) is 0 Å². The van der Waals surface area contributed by atoms with E-state index in [4.69, 9.17) is 4.74 Å². The van der Waals surface area contributed by atoms with Crippen molar-refractivity contribution < 1.29 is 4.74 Å². The highest BCUT2D eigenvalue weighted by molar-refractivity contribution is 5.79. The molecule has 1 aliphatic heterocycles. The van der Waals surface area contributed by atoms with Gasteiger partial charge in [0.1, 0.15) is 5.69 Å². The third-order valence-corrected chi connectivity index (χ3v) is 3.90. The second-order valence-electron chi connectivity index (χ2n) is 5.37. The predicted molar refractivity (Wildman–Crippen MR) is 89.4 cm³/mol. The minimum atomic E-state index is 0.748. The summed E-state index contributed by atoms with van der Waals surface area (Å²) in [7, 11) is 0. The molecule has 0 atom stereocenters. The van der Waals surface area contributed by atoms with E-state index >= 15 is 0 Å². The van der Waals surface area contributed by atoms with Crippen molar-refractivity contribution in [1.82, 2.24) is 10.2 Å². The smallest absolute Gasteiger partial charge is 0.156 e. The van der Waals surface area contributed by atoms with Crippen LogP contribution >= 0.6 is 0 Å². The van der Waals surface area contributed by atoms with Crippen LogP contribution in [0.3, 0.4) is 0 Å². The molecular formula is C17H22N4O. The van der Waals surface area contributed by atoms with E-state index in [1.807, 2.05) is 18.2 Å². The highest BCUT2D eigenvalue weighted by Gasteiger charge is 2.20. The summed E-state index contributed by atoms with van der Waals surface area (Å²) in [5, 5.41) is 12.5. The SMILES string of the molecule is CCNc1c(-c2ccccc2)nnc(N2CCOCC2)c1C. The van der Waals surface area contributed by atoms with Crippen molar-refractivity contribution in [2.45, 2.75) is 13.8 Å². The molecule has 5 nitrogen and oxygen atoms in total. The molecule has 1 aromatic heterocycles. The molecule has 3 rings (SSSR count). The van der Waals surface area contributed by atoms with Crippen molar-refractivity contribution in [3.8, 4) is 11.3 Å². The second kappa shape index (κ2) is 6.75. The normalized spacial score (nSPS) is 14.9. The van der Waals surface area contributed by atoms with E-state index in [1.54, 1.807) is 0 Å². The molecule has 0 radical (unpaired) electrons. The molecule has 22 heavy (non-hydrogen) atoms. The van der Waals surface area contributed by atoms with Crippen LogP contribution in [-0.2, 0) is 4.74 Å². The molecule has 5 heteroatoms. The molecule has 0 aliphatic carbocycles. The van der Waals surface area contributed by atoms with Gasteiger partial charge in [-0.25, -0.2) is 0 Å². The van der Waals surface area contributed by atoms with Gasteiger partial charge in [0, 0.05) is 30.8 Å². The number of anilines is 2. The van der Waals surface area contributed by atoms with Crippen LogP contribution in [-0.4, -0.2) is 43.0 Å². The Balaban J connectivity index is 2.03. The Morgan fingerprint density at radius 2 is 1.86 bits per heavy atom. The fraction of sp³-hybridized carbons (Fsp3) is 0.412. The highest BCUT2D eigenvalue weighted by Crippen LogP contribution is 2.32. The first-order valence-electron chi connectivity index (χ1n) is 7.80. The molecule has 0 amide bonds. The van der Waals surface area contributed by atoms with Crippen LogP contribution in [0.25, 0.3) is 11.3 Å². The molecule has 0 saturated carbocycles. The van der Waals surface area contributed by atoms with Crippen LogP contribution in [0, 0.1) is 6.92 Å². The van der Waals surface area contributed by atoms with Crippen LogP contribution in [0.15, 0.2) is 30.3 Å².